The standard InChI is InChI=1S/C23H25ClN4O4S/c1-15-5-7-17(8-6-15)13-25-23(29)19-4-3-11-28(14-19)33(30,31)21-12-18(9-10-20(21)24)22-26-16(2)32-27-22/h5-10,12,19H,3-4,11,13-14H2,1-2H3,(H,25,29). The normalized spacial score (nSPS) is 17.1. The van der Waals surface area contributed by atoms with E-state index in [1.165, 1.54) is 16.4 Å². The number of sulfonamides is 1. The highest BCUT2D eigenvalue weighted by atomic mass is 35.5. The van der Waals surface area contributed by atoms with E-state index in [0.29, 0.717) is 37.4 Å². The second kappa shape index (κ2) is 9.62. The lowest BCUT2D eigenvalue weighted by Crippen LogP contribution is -2.45. The number of aromatic nitrogens is 2. The topological polar surface area (TPSA) is 105 Å². The van der Waals surface area contributed by atoms with Gasteiger partial charge >= 0.3 is 0 Å². The average Bonchev–Trinajstić information content (AvgIpc) is 3.25. The third-order valence-corrected chi connectivity index (χ3v) is 8.02. The molecule has 1 amide bonds. The highest BCUT2D eigenvalue weighted by molar-refractivity contribution is 7.89. The Morgan fingerprint density at radius 1 is 1.21 bits per heavy atom. The molecule has 2 aromatic carbocycles. The van der Waals surface area contributed by atoms with Crippen LogP contribution in [0.25, 0.3) is 11.4 Å². The number of aryl methyl sites for hydroxylation is 2. The molecule has 1 atom stereocenters. The van der Waals surface area contributed by atoms with E-state index in [9.17, 15) is 13.2 Å². The molecule has 2 heterocycles. The largest absolute Gasteiger partial charge is 0.352 e. The van der Waals surface area contributed by atoms with E-state index >= 15 is 0 Å². The van der Waals surface area contributed by atoms with Crippen molar-refractivity contribution < 1.29 is 17.7 Å². The third kappa shape index (κ3) is 5.26. The van der Waals surface area contributed by atoms with Crippen molar-refractivity contribution in [1.29, 1.82) is 0 Å². The first kappa shape index (κ1) is 23.4. The van der Waals surface area contributed by atoms with Crippen molar-refractivity contribution in [2.75, 3.05) is 13.1 Å². The minimum absolute atomic E-state index is 0.0372. The molecule has 8 nitrogen and oxygen atoms in total. The Morgan fingerprint density at radius 2 is 1.97 bits per heavy atom. The molecule has 10 heteroatoms. The van der Waals surface area contributed by atoms with Crippen LogP contribution in [0.2, 0.25) is 5.02 Å². The molecule has 0 aliphatic carbocycles. The SMILES string of the molecule is Cc1ccc(CNC(=O)C2CCCN(S(=O)(=O)c3cc(-c4noc(C)n4)ccc3Cl)C2)cc1. The fourth-order valence-corrected chi connectivity index (χ4v) is 5.83. The second-order valence-electron chi connectivity index (χ2n) is 8.19. The Morgan fingerprint density at radius 3 is 2.67 bits per heavy atom. The first-order valence-corrected chi connectivity index (χ1v) is 12.5. The lowest BCUT2D eigenvalue weighted by atomic mass is 9.98. The van der Waals surface area contributed by atoms with Crippen LogP contribution in [0.3, 0.4) is 0 Å². The van der Waals surface area contributed by atoms with Gasteiger partial charge in [0, 0.05) is 32.1 Å². The Bertz CT molecular complexity index is 1260. The number of carbonyl (C=O) groups excluding carboxylic acids is 1. The summed E-state index contributed by atoms with van der Waals surface area (Å²) in [6.45, 7) is 4.49. The number of hydrogen-bond donors (Lipinski definition) is 1. The molecule has 0 bridgehead atoms. The fourth-order valence-electron chi connectivity index (χ4n) is 3.81. The summed E-state index contributed by atoms with van der Waals surface area (Å²) in [5.74, 6) is 0.0749. The van der Waals surface area contributed by atoms with Gasteiger partial charge in [-0.1, -0.05) is 46.6 Å². The van der Waals surface area contributed by atoms with E-state index < -0.39 is 15.9 Å². The molecule has 1 aromatic heterocycles. The summed E-state index contributed by atoms with van der Waals surface area (Å²) in [5.41, 5.74) is 2.63. The Kier molecular flexibility index (Phi) is 6.83. The fraction of sp³-hybridized carbons (Fsp3) is 0.348. The van der Waals surface area contributed by atoms with Gasteiger partial charge in [-0.15, -0.1) is 0 Å². The Balaban J connectivity index is 1.49. The molecule has 1 saturated heterocycles. The van der Waals surface area contributed by atoms with Gasteiger partial charge in [-0.05, 0) is 43.5 Å². The summed E-state index contributed by atoms with van der Waals surface area (Å²) in [4.78, 5) is 16.9. The summed E-state index contributed by atoms with van der Waals surface area (Å²) in [5, 5.41) is 6.88. The van der Waals surface area contributed by atoms with Crippen LogP contribution in [0.4, 0.5) is 0 Å². The molecular weight excluding hydrogens is 464 g/mol. The van der Waals surface area contributed by atoms with Gasteiger partial charge in [-0.25, -0.2) is 8.42 Å². The zero-order chi connectivity index (χ0) is 23.6. The van der Waals surface area contributed by atoms with Crippen LogP contribution in [-0.2, 0) is 21.4 Å². The van der Waals surface area contributed by atoms with Crippen LogP contribution < -0.4 is 5.32 Å². The van der Waals surface area contributed by atoms with Crippen molar-refractivity contribution in [3.05, 3.63) is 64.5 Å². The third-order valence-electron chi connectivity index (χ3n) is 5.68. The van der Waals surface area contributed by atoms with Crippen molar-refractivity contribution in [1.82, 2.24) is 19.8 Å². The maximum absolute atomic E-state index is 13.4. The zero-order valence-electron chi connectivity index (χ0n) is 18.4. The molecular formula is C23H25ClN4O4S. The maximum atomic E-state index is 13.4. The van der Waals surface area contributed by atoms with Gasteiger partial charge in [-0.3, -0.25) is 4.79 Å². The van der Waals surface area contributed by atoms with Gasteiger partial charge in [0.2, 0.25) is 27.6 Å². The van der Waals surface area contributed by atoms with Crippen molar-refractivity contribution >= 4 is 27.5 Å². The van der Waals surface area contributed by atoms with Gasteiger partial charge in [0.15, 0.2) is 0 Å². The monoisotopic (exact) mass is 488 g/mol. The van der Waals surface area contributed by atoms with Gasteiger partial charge in [0.25, 0.3) is 0 Å². The summed E-state index contributed by atoms with van der Waals surface area (Å²) in [7, 11) is -3.92. The number of nitrogens with one attached hydrogen (secondary N) is 1. The van der Waals surface area contributed by atoms with E-state index in [4.69, 9.17) is 16.1 Å². The first-order valence-electron chi connectivity index (χ1n) is 10.7. The molecule has 0 spiro atoms. The quantitative estimate of drug-likeness (QED) is 0.566. The smallest absolute Gasteiger partial charge is 0.244 e. The van der Waals surface area contributed by atoms with Crippen LogP contribution in [-0.4, -0.2) is 41.9 Å². The first-order chi connectivity index (χ1) is 15.7. The number of hydrogen-bond acceptors (Lipinski definition) is 6. The van der Waals surface area contributed by atoms with Crippen molar-refractivity contribution in [3.63, 3.8) is 0 Å². The Hall–Kier alpha value is -2.75. The van der Waals surface area contributed by atoms with Crippen LogP contribution in [0.1, 0.15) is 29.9 Å². The van der Waals surface area contributed by atoms with Crippen molar-refractivity contribution in [3.8, 4) is 11.4 Å². The lowest BCUT2D eigenvalue weighted by Gasteiger charge is -2.31. The molecule has 1 fully saturated rings. The van der Waals surface area contributed by atoms with E-state index in [1.54, 1.807) is 13.0 Å². The molecule has 1 aliphatic rings. The van der Waals surface area contributed by atoms with E-state index in [1.807, 2.05) is 31.2 Å². The molecule has 3 aromatic rings. The number of piperidine rings is 1. The number of amides is 1. The van der Waals surface area contributed by atoms with Crippen LogP contribution in [0.15, 0.2) is 51.9 Å². The molecule has 0 radical (unpaired) electrons. The number of halogens is 1. The molecule has 174 valence electrons. The molecule has 1 N–H and O–H groups in total. The average molecular weight is 489 g/mol. The van der Waals surface area contributed by atoms with Gasteiger partial charge < -0.3 is 9.84 Å². The van der Waals surface area contributed by atoms with Gasteiger partial charge in [0.05, 0.1) is 10.9 Å². The molecule has 4 rings (SSSR count). The van der Waals surface area contributed by atoms with E-state index in [0.717, 1.165) is 11.1 Å². The summed E-state index contributed by atoms with van der Waals surface area (Å²) >= 11 is 6.27. The highest BCUT2D eigenvalue weighted by Gasteiger charge is 2.34. The highest BCUT2D eigenvalue weighted by Crippen LogP contribution is 2.31. The predicted molar refractivity (Wildman–Crippen MR) is 124 cm³/mol. The number of nitrogens with zero attached hydrogens (tertiary/aromatic N) is 3. The second-order valence-corrected chi connectivity index (χ2v) is 10.5. The summed E-state index contributed by atoms with van der Waals surface area (Å²) in [6, 6.07) is 12.5. The zero-order valence-corrected chi connectivity index (χ0v) is 20.0. The minimum Gasteiger partial charge on any atom is -0.352 e. The van der Waals surface area contributed by atoms with E-state index in [-0.39, 0.29) is 28.2 Å². The van der Waals surface area contributed by atoms with Crippen LogP contribution in [0.5, 0.6) is 0 Å². The maximum Gasteiger partial charge on any atom is 0.244 e. The molecule has 0 saturated carbocycles. The number of rotatable bonds is 6. The van der Waals surface area contributed by atoms with Crippen molar-refractivity contribution in [2.24, 2.45) is 5.92 Å². The van der Waals surface area contributed by atoms with Crippen LogP contribution in [0, 0.1) is 19.8 Å². The van der Waals surface area contributed by atoms with Crippen molar-refractivity contribution in [2.45, 2.75) is 38.1 Å². The number of benzene rings is 2. The minimum atomic E-state index is -3.92. The van der Waals surface area contributed by atoms with Gasteiger partial charge in [0.1, 0.15) is 4.90 Å². The van der Waals surface area contributed by atoms with Gasteiger partial charge in [-0.2, -0.15) is 9.29 Å². The number of carbonyl (C=O) groups is 1. The Labute approximate surface area is 198 Å². The van der Waals surface area contributed by atoms with E-state index in [2.05, 4.69) is 15.5 Å². The predicted octanol–water partition coefficient (Wildman–Crippen LogP) is 3.72. The molecule has 33 heavy (non-hydrogen) atoms. The summed E-state index contributed by atoms with van der Waals surface area (Å²) < 4.78 is 33.2. The lowest BCUT2D eigenvalue weighted by molar-refractivity contribution is -0.126. The molecule has 1 aliphatic heterocycles. The summed E-state index contributed by atoms with van der Waals surface area (Å²) in [6.07, 6.45) is 1.21. The molecule has 1 unspecified atom stereocenters. The van der Waals surface area contributed by atoms with Crippen LogP contribution >= 0.6 is 11.6 Å².